The Labute approximate surface area is 164 Å². The van der Waals surface area contributed by atoms with Crippen molar-refractivity contribution in [2.45, 2.75) is 19.8 Å². The zero-order chi connectivity index (χ0) is 18.9. The highest BCUT2D eigenvalue weighted by Gasteiger charge is 2.13. The van der Waals surface area contributed by atoms with Crippen molar-refractivity contribution in [3.8, 4) is 0 Å². The van der Waals surface area contributed by atoms with Gasteiger partial charge in [-0.3, -0.25) is 0 Å². The average molecular weight is 378 g/mol. The molecule has 0 unspecified atom stereocenters. The molecular weight excluding hydrogens is 350 g/mol. The van der Waals surface area contributed by atoms with E-state index in [2.05, 4.69) is 77.7 Å². The van der Waals surface area contributed by atoms with Crippen molar-refractivity contribution >= 4 is 31.8 Å². The van der Waals surface area contributed by atoms with Gasteiger partial charge >= 0.3 is 0 Å². The molecule has 0 aromatic heterocycles. The van der Waals surface area contributed by atoms with Crippen LogP contribution in [-0.4, -0.2) is 28.6 Å². The molecular formula is C23H27NO2Si. The summed E-state index contributed by atoms with van der Waals surface area (Å²) >= 11 is 0. The zero-order valence-corrected chi connectivity index (χ0v) is 17.5. The number of nitrogens with zero attached hydrogens (tertiary/aromatic N) is 1. The molecule has 0 N–H and O–H groups in total. The molecule has 0 fully saturated rings. The Morgan fingerprint density at radius 3 is 1.56 bits per heavy atom. The third kappa shape index (κ3) is 5.29. The summed E-state index contributed by atoms with van der Waals surface area (Å²) in [7, 11) is -0.649. The third-order valence-electron chi connectivity index (χ3n) is 4.33. The predicted molar refractivity (Wildman–Crippen MR) is 116 cm³/mol. The van der Waals surface area contributed by atoms with Crippen LogP contribution in [-0.2, 0) is 9.47 Å². The molecule has 3 aromatic rings. The zero-order valence-electron chi connectivity index (χ0n) is 16.0. The average Bonchev–Trinajstić information content (AvgIpc) is 2.72. The van der Waals surface area contributed by atoms with Gasteiger partial charge in [0.2, 0.25) is 0 Å². The minimum Gasteiger partial charge on any atom is -0.357 e. The topological polar surface area (TPSA) is 21.7 Å². The normalized spacial score (nSPS) is 11.4. The van der Waals surface area contributed by atoms with Crippen molar-refractivity contribution in [2.24, 2.45) is 0 Å². The lowest BCUT2D eigenvalue weighted by molar-refractivity contribution is -0.0817. The quantitative estimate of drug-likeness (QED) is 0.410. The van der Waals surface area contributed by atoms with Crippen molar-refractivity contribution < 1.29 is 9.47 Å². The molecule has 140 valence electrons. The maximum absolute atomic E-state index is 5.73. The minimum atomic E-state index is -0.649. The van der Waals surface area contributed by atoms with Gasteiger partial charge in [0.1, 0.15) is 15.4 Å². The van der Waals surface area contributed by atoms with Crippen LogP contribution in [0.3, 0.4) is 0 Å². The van der Waals surface area contributed by atoms with Gasteiger partial charge in [0.05, 0.1) is 0 Å². The van der Waals surface area contributed by atoms with E-state index in [9.17, 15) is 0 Å². The largest absolute Gasteiger partial charge is 0.357 e. The second kappa shape index (κ2) is 10.1. The molecule has 3 rings (SSSR count). The standard InChI is InChI=1S/C23H27NO2Si/c1-3-25-23(26-4-2)27-22-17-15-21(16-18-22)24(19-11-7-5-8-12-19)20-13-9-6-10-14-20/h5-18,23H,3-4,27H2,1-2H3. The van der Waals surface area contributed by atoms with Gasteiger partial charge < -0.3 is 14.4 Å². The van der Waals surface area contributed by atoms with Crippen LogP contribution in [0.1, 0.15) is 13.8 Å². The molecule has 0 heterocycles. The van der Waals surface area contributed by atoms with E-state index in [4.69, 9.17) is 9.47 Å². The first-order valence-corrected chi connectivity index (χ1v) is 11.1. The maximum atomic E-state index is 5.73. The maximum Gasteiger partial charge on any atom is 0.139 e. The third-order valence-corrected chi connectivity index (χ3v) is 6.08. The van der Waals surface area contributed by atoms with Gasteiger partial charge in [-0.25, -0.2) is 0 Å². The Morgan fingerprint density at radius 1 is 0.667 bits per heavy atom. The molecule has 0 aliphatic rings. The van der Waals surface area contributed by atoms with E-state index in [0.29, 0.717) is 13.2 Å². The second-order valence-electron chi connectivity index (χ2n) is 6.22. The van der Waals surface area contributed by atoms with Crippen molar-refractivity contribution in [1.82, 2.24) is 0 Å². The smallest absolute Gasteiger partial charge is 0.139 e. The Kier molecular flexibility index (Phi) is 7.22. The molecule has 0 spiro atoms. The molecule has 0 saturated carbocycles. The van der Waals surface area contributed by atoms with Crippen molar-refractivity contribution in [2.75, 3.05) is 18.1 Å². The van der Waals surface area contributed by atoms with Gasteiger partial charge in [-0.1, -0.05) is 53.7 Å². The lowest BCUT2D eigenvalue weighted by Crippen LogP contribution is -2.33. The molecule has 3 nitrogen and oxygen atoms in total. The predicted octanol–water partition coefficient (Wildman–Crippen LogP) is 4.31. The molecule has 0 atom stereocenters. The Bertz CT molecular complexity index is 748. The summed E-state index contributed by atoms with van der Waals surface area (Å²) in [5, 5.41) is 1.34. The van der Waals surface area contributed by atoms with Gasteiger partial charge in [-0.15, -0.1) is 0 Å². The van der Waals surface area contributed by atoms with E-state index in [-0.39, 0.29) is 5.91 Å². The first-order valence-electron chi connectivity index (χ1n) is 9.54. The van der Waals surface area contributed by atoms with E-state index in [0.717, 1.165) is 17.1 Å². The molecule has 27 heavy (non-hydrogen) atoms. The lowest BCUT2D eigenvalue weighted by atomic mass is 10.2. The molecule has 0 aliphatic heterocycles. The van der Waals surface area contributed by atoms with E-state index in [1.54, 1.807) is 0 Å². The van der Waals surface area contributed by atoms with Crippen LogP contribution < -0.4 is 10.1 Å². The number of hydrogen-bond acceptors (Lipinski definition) is 3. The first-order chi connectivity index (χ1) is 13.3. The second-order valence-corrected chi connectivity index (χ2v) is 8.11. The summed E-state index contributed by atoms with van der Waals surface area (Å²) in [6.45, 7) is 5.40. The number of para-hydroxylation sites is 2. The van der Waals surface area contributed by atoms with Crippen molar-refractivity contribution in [1.29, 1.82) is 0 Å². The van der Waals surface area contributed by atoms with Gasteiger partial charge in [0.25, 0.3) is 0 Å². The highest BCUT2D eigenvalue weighted by molar-refractivity contribution is 6.54. The lowest BCUT2D eigenvalue weighted by Gasteiger charge is -2.25. The molecule has 0 radical (unpaired) electrons. The summed E-state index contributed by atoms with van der Waals surface area (Å²) in [5.74, 6) is -0.0507. The van der Waals surface area contributed by atoms with Crippen molar-refractivity contribution in [3.05, 3.63) is 84.9 Å². The Morgan fingerprint density at radius 2 is 1.11 bits per heavy atom. The number of anilines is 3. The molecule has 0 bridgehead atoms. The van der Waals surface area contributed by atoms with Gasteiger partial charge in [0.15, 0.2) is 0 Å². The fourth-order valence-electron chi connectivity index (χ4n) is 3.11. The fourth-order valence-corrected chi connectivity index (χ4v) is 4.71. The van der Waals surface area contributed by atoms with Crippen LogP contribution in [0.15, 0.2) is 84.9 Å². The number of ether oxygens (including phenoxy) is 2. The van der Waals surface area contributed by atoms with E-state index in [1.807, 2.05) is 26.0 Å². The molecule has 0 saturated heterocycles. The summed E-state index contributed by atoms with van der Waals surface area (Å²) in [4.78, 5) is 2.27. The van der Waals surface area contributed by atoms with E-state index >= 15 is 0 Å². The Hall–Kier alpha value is -2.40. The Balaban J connectivity index is 1.86. The fraction of sp³-hybridized carbons (Fsp3) is 0.217. The molecule has 4 heteroatoms. The summed E-state index contributed by atoms with van der Waals surface area (Å²) in [6, 6.07) is 29.7. The van der Waals surface area contributed by atoms with Gasteiger partial charge in [0, 0.05) is 30.3 Å². The highest BCUT2D eigenvalue weighted by Crippen LogP contribution is 2.33. The number of benzene rings is 3. The van der Waals surface area contributed by atoms with Crippen LogP contribution in [0.5, 0.6) is 0 Å². The van der Waals surface area contributed by atoms with Gasteiger partial charge in [-0.05, 0) is 50.2 Å². The van der Waals surface area contributed by atoms with E-state index in [1.165, 1.54) is 5.19 Å². The van der Waals surface area contributed by atoms with E-state index < -0.39 is 9.52 Å². The van der Waals surface area contributed by atoms with Crippen LogP contribution in [0.25, 0.3) is 0 Å². The van der Waals surface area contributed by atoms with Crippen LogP contribution in [0.2, 0.25) is 0 Å². The van der Waals surface area contributed by atoms with Gasteiger partial charge in [-0.2, -0.15) is 0 Å². The SMILES string of the molecule is CCOC(OCC)[SiH2]c1ccc(N(c2ccccc2)c2ccccc2)cc1. The summed E-state index contributed by atoms with van der Waals surface area (Å²) in [5.41, 5.74) is 3.44. The number of hydrogen-bond donors (Lipinski definition) is 0. The van der Waals surface area contributed by atoms with Crippen molar-refractivity contribution in [3.63, 3.8) is 0 Å². The number of rotatable bonds is 9. The monoisotopic (exact) mass is 377 g/mol. The first kappa shape index (κ1) is 19.4. The molecule has 3 aromatic carbocycles. The van der Waals surface area contributed by atoms with Crippen LogP contribution in [0, 0.1) is 0 Å². The molecule has 0 amide bonds. The van der Waals surface area contributed by atoms with Crippen LogP contribution in [0.4, 0.5) is 17.1 Å². The highest BCUT2D eigenvalue weighted by atomic mass is 28.2. The minimum absolute atomic E-state index is 0.0507. The summed E-state index contributed by atoms with van der Waals surface area (Å²) < 4.78 is 11.5. The summed E-state index contributed by atoms with van der Waals surface area (Å²) in [6.07, 6.45) is 0. The molecule has 0 aliphatic carbocycles. The van der Waals surface area contributed by atoms with Crippen LogP contribution >= 0.6 is 0 Å².